The van der Waals surface area contributed by atoms with Gasteiger partial charge in [-0.15, -0.1) is 0 Å². The van der Waals surface area contributed by atoms with E-state index in [-0.39, 0.29) is 0 Å². The van der Waals surface area contributed by atoms with E-state index in [9.17, 15) is 0 Å². The molecule has 3 nitrogen and oxygen atoms in total. The van der Waals surface area contributed by atoms with E-state index in [1.807, 2.05) is 0 Å². The van der Waals surface area contributed by atoms with Crippen LogP contribution < -0.4 is 5.73 Å². The Hall–Kier alpha value is -0.120. The van der Waals surface area contributed by atoms with Gasteiger partial charge in [-0.3, -0.25) is 0 Å². The number of rotatable bonds is 7. The molecule has 0 unspecified atom stereocenters. The van der Waals surface area contributed by atoms with Crippen LogP contribution in [-0.2, 0) is 9.47 Å². The smallest absolute Gasteiger partial charge is 0.146 e. The van der Waals surface area contributed by atoms with Gasteiger partial charge in [0.25, 0.3) is 0 Å². The fourth-order valence-corrected chi connectivity index (χ4v) is 0.507. The molecule has 0 fully saturated rings. The molecule has 0 heterocycles. The Balaban J connectivity index is 2.65. The maximum absolute atomic E-state index is 5.19. The first-order chi connectivity index (χ1) is 4.91. The van der Waals surface area contributed by atoms with Gasteiger partial charge in [0.15, 0.2) is 0 Å². The zero-order chi connectivity index (χ0) is 7.66. The van der Waals surface area contributed by atoms with E-state index in [2.05, 4.69) is 6.92 Å². The van der Waals surface area contributed by atoms with Crippen LogP contribution in [0.3, 0.4) is 0 Å². The standard InChI is InChI=1S/C7H17NO2/c1-2-3-5-9-7-10-6-4-8/h2-8H2,1H3. The van der Waals surface area contributed by atoms with E-state index in [0.29, 0.717) is 19.9 Å². The predicted molar refractivity (Wildman–Crippen MR) is 40.7 cm³/mol. The van der Waals surface area contributed by atoms with Crippen molar-refractivity contribution in [2.24, 2.45) is 5.73 Å². The number of nitrogens with two attached hydrogens (primary N) is 1. The summed E-state index contributed by atoms with van der Waals surface area (Å²) in [6, 6.07) is 0. The third-order valence-electron chi connectivity index (χ3n) is 1.07. The van der Waals surface area contributed by atoms with Crippen molar-refractivity contribution >= 4 is 0 Å². The summed E-state index contributed by atoms with van der Waals surface area (Å²) in [5, 5.41) is 0. The molecule has 0 rings (SSSR count). The molecule has 62 valence electrons. The Bertz CT molecular complexity index is 51.6. The van der Waals surface area contributed by atoms with Gasteiger partial charge in [-0.1, -0.05) is 13.3 Å². The van der Waals surface area contributed by atoms with E-state index in [4.69, 9.17) is 15.2 Å². The van der Waals surface area contributed by atoms with Gasteiger partial charge >= 0.3 is 0 Å². The zero-order valence-electron chi connectivity index (χ0n) is 6.64. The Labute approximate surface area is 62.5 Å². The summed E-state index contributed by atoms with van der Waals surface area (Å²) in [6.07, 6.45) is 2.27. The third-order valence-corrected chi connectivity index (χ3v) is 1.07. The largest absolute Gasteiger partial charge is 0.355 e. The third kappa shape index (κ3) is 7.88. The van der Waals surface area contributed by atoms with Gasteiger partial charge in [-0.05, 0) is 6.42 Å². The Morgan fingerprint density at radius 3 is 2.50 bits per heavy atom. The molecule has 0 saturated heterocycles. The van der Waals surface area contributed by atoms with Gasteiger partial charge in [0.2, 0.25) is 0 Å². The first-order valence-corrected chi connectivity index (χ1v) is 3.77. The second-order valence-corrected chi connectivity index (χ2v) is 2.08. The van der Waals surface area contributed by atoms with Gasteiger partial charge in [-0.2, -0.15) is 0 Å². The van der Waals surface area contributed by atoms with Crippen LogP contribution in [0.4, 0.5) is 0 Å². The lowest BCUT2D eigenvalue weighted by atomic mass is 10.4. The Morgan fingerprint density at radius 2 is 1.90 bits per heavy atom. The van der Waals surface area contributed by atoms with Gasteiger partial charge in [0, 0.05) is 13.2 Å². The average molecular weight is 147 g/mol. The van der Waals surface area contributed by atoms with Crippen LogP contribution in [0.2, 0.25) is 0 Å². The highest BCUT2D eigenvalue weighted by molar-refractivity contribution is 4.29. The van der Waals surface area contributed by atoms with E-state index in [1.54, 1.807) is 0 Å². The van der Waals surface area contributed by atoms with Gasteiger partial charge < -0.3 is 15.2 Å². The maximum Gasteiger partial charge on any atom is 0.146 e. The summed E-state index contributed by atoms with van der Waals surface area (Å²) in [6.45, 7) is 4.46. The minimum atomic E-state index is 0.386. The minimum Gasteiger partial charge on any atom is -0.355 e. The number of hydrogen-bond acceptors (Lipinski definition) is 3. The highest BCUT2D eigenvalue weighted by atomic mass is 16.7. The molecule has 0 aliphatic heterocycles. The van der Waals surface area contributed by atoms with E-state index in [1.165, 1.54) is 0 Å². The van der Waals surface area contributed by atoms with Gasteiger partial charge in [0.1, 0.15) is 6.79 Å². The number of unbranched alkanes of at least 4 members (excludes halogenated alkanes) is 1. The maximum atomic E-state index is 5.19. The molecule has 0 aromatic rings. The topological polar surface area (TPSA) is 44.5 Å². The average Bonchev–Trinajstić information content (AvgIpc) is 1.97. The van der Waals surface area contributed by atoms with Crippen LogP contribution >= 0.6 is 0 Å². The molecule has 0 aromatic carbocycles. The van der Waals surface area contributed by atoms with Crippen LogP contribution in [0.15, 0.2) is 0 Å². The lowest BCUT2D eigenvalue weighted by Gasteiger charge is -2.02. The normalized spacial score (nSPS) is 10.2. The van der Waals surface area contributed by atoms with Crippen molar-refractivity contribution in [3.63, 3.8) is 0 Å². The molecule has 0 aromatic heterocycles. The van der Waals surface area contributed by atoms with Crippen LogP contribution in [-0.4, -0.2) is 26.6 Å². The van der Waals surface area contributed by atoms with Crippen LogP contribution in [0, 0.1) is 0 Å². The van der Waals surface area contributed by atoms with Crippen molar-refractivity contribution in [1.82, 2.24) is 0 Å². The number of hydrogen-bond donors (Lipinski definition) is 1. The van der Waals surface area contributed by atoms with Crippen molar-refractivity contribution in [2.75, 3.05) is 26.6 Å². The van der Waals surface area contributed by atoms with Crippen molar-refractivity contribution in [3.05, 3.63) is 0 Å². The minimum absolute atomic E-state index is 0.386. The fraction of sp³-hybridized carbons (Fsp3) is 1.00. The van der Waals surface area contributed by atoms with Crippen LogP contribution in [0.1, 0.15) is 19.8 Å². The van der Waals surface area contributed by atoms with Crippen LogP contribution in [0.25, 0.3) is 0 Å². The molecule has 0 spiro atoms. The molecular weight excluding hydrogens is 130 g/mol. The summed E-state index contributed by atoms with van der Waals surface area (Å²) >= 11 is 0. The fourth-order valence-electron chi connectivity index (χ4n) is 0.507. The second-order valence-electron chi connectivity index (χ2n) is 2.08. The summed E-state index contributed by atoms with van der Waals surface area (Å²) in [5.74, 6) is 0. The summed E-state index contributed by atoms with van der Waals surface area (Å²) < 4.78 is 10.1. The van der Waals surface area contributed by atoms with Crippen molar-refractivity contribution < 1.29 is 9.47 Å². The Kier molecular flexibility index (Phi) is 8.77. The first kappa shape index (κ1) is 9.88. The zero-order valence-corrected chi connectivity index (χ0v) is 6.64. The molecule has 3 heteroatoms. The van der Waals surface area contributed by atoms with Gasteiger partial charge in [-0.25, -0.2) is 0 Å². The van der Waals surface area contributed by atoms with Crippen molar-refractivity contribution in [3.8, 4) is 0 Å². The molecule has 0 amide bonds. The molecule has 0 aliphatic carbocycles. The highest BCUT2D eigenvalue weighted by Crippen LogP contribution is 1.87. The summed E-state index contributed by atoms with van der Waals surface area (Å²) in [5.41, 5.74) is 5.19. The summed E-state index contributed by atoms with van der Waals surface area (Å²) in [7, 11) is 0. The van der Waals surface area contributed by atoms with Crippen molar-refractivity contribution in [2.45, 2.75) is 19.8 Å². The molecule has 0 radical (unpaired) electrons. The SMILES string of the molecule is CCCCOCOCCN. The quantitative estimate of drug-likeness (QED) is 0.426. The monoisotopic (exact) mass is 147 g/mol. The second kappa shape index (κ2) is 8.88. The van der Waals surface area contributed by atoms with E-state index in [0.717, 1.165) is 19.4 Å². The molecule has 0 bridgehead atoms. The van der Waals surface area contributed by atoms with Crippen LogP contribution in [0.5, 0.6) is 0 Å². The molecule has 0 atom stereocenters. The van der Waals surface area contributed by atoms with Crippen molar-refractivity contribution in [1.29, 1.82) is 0 Å². The lowest BCUT2D eigenvalue weighted by molar-refractivity contribution is -0.0516. The molecule has 0 aliphatic rings. The molecular formula is C7H17NO2. The molecule has 0 saturated carbocycles. The predicted octanol–water partition coefficient (Wildman–Crippen LogP) is 0.736. The Morgan fingerprint density at radius 1 is 1.20 bits per heavy atom. The first-order valence-electron chi connectivity index (χ1n) is 3.77. The lowest BCUT2D eigenvalue weighted by Crippen LogP contribution is -2.10. The van der Waals surface area contributed by atoms with E-state index >= 15 is 0 Å². The molecule has 2 N–H and O–H groups in total. The molecule has 10 heavy (non-hydrogen) atoms. The van der Waals surface area contributed by atoms with Gasteiger partial charge in [0.05, 0.1) is 6.61 Å². The van der Waals surface area contributed by atoms with E-state index < -0.39 is 0 Å². The highest BCUT2D eigenvalue weighted by Gasteiger charge is 1.85. The number of ether oxygens (including phenoxy) is 2. The summed E-state index contributed by atoms with van der Waals surface area (Å²) in [4.78, 5) is 0.